The normalized spacial score (nSPS) is 21.0. The Hall–Kier alpha value is -2.59. The zero-order valence-electron chi connectivity index (χ0n) is 16.0. The van der Waals surface area contributed by atoms with Crippen molar-refractivity contribution in [2.45, 2.75) is 18.9 Å². The maximum atomic E-state index is 12.7. The molecule has 1 aromatic carbocycles. The van der Waals surface area contributed by atoms with Gasteiger partial charge in [0.2, 0.25) is 0 Å². The number of benzene rings is 1. The van der Waals surface area contributed by atoms with Gasteiger partial charge in [-0.15, -0.1) is 4.40 Å². The second kappa shape index (κ2) is 8.19. The molecule has 1 unspecified atom stereocenters. The maximum absolute atomic E-state index is 12.7. The topological polar surface area (TPSA) is 107 Å². The average molecular weight is 409 g/mol. The molecule has 2 aliphatic rings. The highest BCUT2D eigenvalue weighted by atomic mass is 32.2. The summed E-state index contributed by atoms with van der Waals surface area (Å²) in [5.74, 6) is 0.401. The number of carbonyl (C=O) groups is 1. The van der Waals surface area contributed by atoms with Crippen molar-refractivity contribution < 1.29 is 27.4 Å². The molecule has 1 N–H and O–H groups in total. The van der Waals surface area contributed by atoms with Gasteiger partial charge in [-0.05, 0) is 37.1 Å². The smallest absolute Gasteiger partial charge is 0.345 e. The summed E-state index contributed by atoms with van der Waals surface area (Å²) in [4.78, 5) is 12.7. The highest BCUT2D eigenvalue weighted by molar-refractivity contribution is 7.88. The molecule has 9 nitrogen and oxygen atoms in total. The third kappa shape index (κ3) is 4.12. The van der Waals surface area contributed by atoms with Crippen LogP contribution < -0.4 is 14.8 Å². The van der Waals surface area contributed by atoms with Crippen molar-refractivity contribution >= 4 is 21.8 Å². The van der Waals surface area contributed by atoms with E-state index in [0.717, 1.165) is 17.1 Å². The summed E-state index contributed by atoms with van der Waals surface area (Å²) >= 11 is 0. The number of hydrogen-bond donors (Lipinski definition) is 1. The number of nitrogens with zero attached hydrogens (tertiary/aromatic N) is 2. The number of methoxy groups -OCH3 is 2. The molecule has 0 bridgehead atoms. The van der Waals surface area contributed by atoms with E-state index in [1.54, 1.807) is 18.2 Å². The molecule has 1 amide bonds. The van der Waals surface area contributed by atoms with Gasteiger partial charge >= 0.3 is 10.2 Å². The lowest BCUT2D eigenvalue weighted by Gasteiger charge is -2.24. The van der Waals surface area contributed by atoms with Crippen LogP contribution in [-0.4, -0.2) is 64.9 Å². The highest BCUT2D eigenvalue weighted by Crippen LogP contribution is 2.28. The SMILES string of the molecule is COc1ccc(OC)c(C2=NS(=O)(=O)N(C)C(C(=O)NCC3CCCO3)=C2)c1. The molecule has 10 heteroatoms. The Morgan fingerprint density at radius 2 is 2.14 bits per heavy atom. The largest absolute Gasteiger partial charge is 0.497 e. The molecule has 28 heavy (non-hydrogen) atoms. The molecular formula is C18H23N3O6S. The monoisotopic (exact) mass is 409 g/mol. The summed E-state index contributed by atoms with van der Waals surface area (Å²) in [7, 11) is 0.182. The number of rotatable bonds is 6. The van der Waals surface area contributed by atoms with Crippen LogP contribution >= 0.6 is 0 Å². The molecule has 0 spiro atoms. The van der Waals surface area contributed by atoms with Crippen LogP contribution in [0, 0.1) is 0 Å². The lowest BCUT2D eigenvalue weighted by molar-refractivity contribution is -0.118. The van der Waals surface area contributed by atoms with Gasteiger partial charge in [0, 0.05) is 25.8 Å². The van der Waals surface area contributed by atoms with E-state index in [2.05, 4.69) is 9.71 Å². The van der Waals surface area contributed by atoms with E-state index in [1.165, 1.54) is 27.3 Å². The van der Waals surface area contributed by atoms with Gasteiger partial charge in [-0.1, -0.05) is 0 Å². The second-order valence-corrected chi connectivity index (χ2v) is 7.99. The highest BCUT2D eigenvalue weighted by Gasteiger charge is 2.31. The number of ether oxygens (including phenoxy) is 3. The summed E-state index contributed by atoms with van der Waals surface area (Å²) in [6.07, 6.45) is 3.18. The average Bonchev–Trinajstić information content (AvgIpc) is 3.21. The van der Waals surface area contributed by atoms with Gasteiger partial charge in [0.25, 0.3) is 5.91 Å². The van der Waals surface area contributed by atoms with Crippen molar-refractivity contribution in [2.75, 3.05) is 34.4 Å². The first kappa shape index (κ1) is 20.2. The fourth-order valence-electron chi connectivity index (χ4n) is 3.01. The van der Waals surface area contributed by atoms with Gasteiger partial charge in [0.1, 0.15) is 17.2 Å². The Morgan fingerprint density at radius 3 is 2.79 bits per heavy atom. The third-order valence-corrected chi connectivity index (χ3v) is 5.92. The lowest BCUT2D eigenvalue weighted by atomic mass is 10.1. The van der Waals surface area contributed by atoms with Crippen molar-refractivity contribution in [1.82, 2.24) is 9.62 Å². The van der Waals surface area contributed by atoms with Gasteiger partial charge in [-0.2, -0.15) is 8.42 Å². The van der Waals surface area contributed by atoms with E-state index in [4.69, 9.17) is 14.2 Å². The Bertz CT molecular complexity index is 919. The van der Waals surface area contributed by atoms with E-state index in [-0.39, 0.29) is 17.5 Å². The van der Waals surface area contributed by atoms with Gasteiger partial charge in [-0.3, -0.25) is 4.79 Å². The molecule has 0 aromatic heterocycles. The van der Waals surface area contributed by atoms with E-state index in [0.29, 0.717) is 30.2 Å². The fourth-order valence-corrected chi connectivity index (χ4v) is 3.91. The molecule has 2 heterocycles. The zero-order chi connectivity index (χ0) is 20.3. The summed E-state index contributed by atoms with van der Waals surface area (Å²) in [5.41, 5.74) is 0.465. The lowest BCUT2D eigenvalue weighted by Crippen LogP contribution is -2.40. The van der Waals surface area contributed by atoms with Crippen molar-refractivity contribution in [3.05, 3.63) is 35.5 Å². The van der Waals surface area contributed by atoms with Crippen molar-refractivity contribution in [3.8, 4) is 11.5 Å². The molecule has 0 radical (unpaired) electrons. The Balaban J connectivity index is 1.94. The summed E-state index contributed by atoms with van der Waals surface area (Å²) in [6.45, 7) is 0.989. The van der Waals surface area contributed by atoms with Gasteiger partial charge < -0.3 is 19.5 Å². The fraction of sp³-hybridized carbons (Fsp3) is 0.444. The molecule has 152 valence electrons. The predicted molar refractivity (Wildman–Crippen MR) is 103 cm³/mol. The van der Waals surface area contributed by atoms with Crippen molar-refractivity contribution in [3.63, 3.8) is 0 Å². The van der Waals surface area contributed by atoms with E-state index >= 15 is 0 Å². The van der Waals surface area contributed by atoms with Gasteiger partial charge in [0.15, 0.2) is 0 Å². The number of hydrogen-bond acceptors (Lipinski definition) is 6. The first-order valence-electron chi connectivity index (χ1n) is 8.78. The molecule has 0 saturated carbocycles. The quantitative estimate of drug-likeness (QED) is 0.747. The molecule has 1 fully saturated rings. The van der Waals surface area contributed by atoms with Crippen LogP contribution in [0.25, 0.3) is 0 Å². The molecule has 3 rings (SSSR count). The molecular weight excluding hydrogens is 386 g/mol. The molecule has 2 aliphatic heterocycles. The molecule has 1 aromatic rings. The molecule has 1 atom stereocenters. The number of allylic oxidation sites excluding steroid dienone is 1. The standard InChI is InChI=1S/C18H23N3O6S/c1-21-16(18(22)19-11-13-5-4-8-27-13)10-15(20-28(21,23)24)14-9-12(25-2)6-7-17(14)26-3/h6-7,9-10,13H,4-5,8,11H2,1-3H3,(H,19,22). The minimum Gasteiger partial charge on any atom is -0.497 e. The Labute approximate surface area is 164 Å². The van der Waals surface area contributed by atoms with Crippen LogP contribution in [0.3, 0.4) is 0 Å². The number of amides is 1. The summed E-state index contributed by atoms with van der Waals surface area (Å²) in [5, 5.41) is 2.74. The Morgan fingerprint density at radius 1 is 1.36 bits per heavy atom. The molecule has 0 aliphatic carbocycles. The van der Waals surface area contributed by atoms with E-state index in [1.807, 2.05) is 0 Å². The van der Waals surface area contributed by atoms with Crippen LogP contribution in [0.5, 0.6) is 11.5 Å². The van der Waals surface area contributed by atoms with Crippen molar-refractivity contribution in [2.24, 2.45) is 4.40 Å². The van der Waals surface area contributed by atoms with Crippen LogP contribution in [0.2, 0.25) is 0 Å². The Kier molecular flexibility index (Phi) is 5.90. The zero-order valence-corrected chi connectivity index (χ0v) is 16.8. The number of likely N-dealkylation sites (N-methyl/N-ethyl adjacent to an activating group) is 1. The second-order valence-electron chi connectivity index (χ2n) is 6.36. The van der Waals surface area contributed by atoms with E-state index < -0.39 is 16.1 Å². The van der Waals surface area contributed by atoms with E-state index in [9.17, 15) is 13.2 Å². The number of nitrogens with one attached hydrogen (secondary N) is 1. The summed E-state index contributed by atoms with van der Waals surface area (Å²) < 4.78 is 45.7. The summed E-state index contributed by atoms with van der Waals surface area (Å²) in [6, 6.07) is 4.94. The number of carbonyl (C=O) groups excluding carboxylic acids is 1. The van der Waals surface area contributed by atoms with Gasteiger partial charge in [0.05, 0.1) is 26.0 Å². The predicted octanol–water partition coefficient (Wildman–Crippen LogP) is 0.862. The van der Waals surface area contributed by atoms with Crippen LogP contribution in [0.1, 0.15) is 18.4 Å². The van der Waals surface area contributed by atoms with Crippen LogP contribution in [0.15, 0.2) is 34.4 Å². The minimum absolute atomic E-state index is 0.0344. The van der Waals surface area contributed by atoms with Crippen LogP contribution in [0.4, 0.5) is 0 Å². The van der Waals surface area contributed by atoms with Gasteiger partial charge in [-0.25, -0.2) is 4.31 Å². The third-order valence-electron chi connectivity index (χ3n) is 4.60. The molecule has 1 saturated heterocycles. The maximum Gasteiger partial charge on any atom is 0.345 e. The van der Waals surface area contributed by atoms with Crippen LogP contribution in [-0.2, 0) is 19.7 Å². The van der Waals surface area contributed by atoms with Crippen molar-refractivity contribution in [1.29, 1.82) is 0 Å². The first-order chi connectivity index (χ1) is 13.4. The minimum atomic E-state index is -4.07. The first-order valence-corrected chi connectivity index (χ1v) is 10.2.